The summed E-state index contributed by atoms with van der Waals surface area (Å²) in [6, 6.07) is 8.05. The zero-order valence-corrected chi connectivity index (χ0v) is 17.6. The van der Waals surface area contributed by atoms with Crippen LogP contribution in [-0.2, 0) is 16.0 Å². The highest BCUT2D eigenvalue weighted by Crippen LogP contribution is 2.33. The number of aliphatic hydroxyl groups excluding tert-OH is 1. The van der Waals surface area contributed by atoms with Gasteiger partial charge in [-0.15, -0.1) is 0 Å². The number of aromatic amines is 1. The average Bonchev–Trinajstić information content (AvgIpc) is 3.23. The lowest BCUT2D eigenvalue weighted by Gasteiger charge is -2.14. The Morgan fingerprint density at radius 2 is 1.74 bits per heavy atom. The van der Waals surface area contributed by atoms with Gasteiger partial charge in [0, 0.05) is 17.9 Å². The summed E-state index contributed by atoms with van der Waals surface area (Å²) < 4.78 is 63.5. The van der Waals surface area contributed by atoms with Crippen LogP contribution in [0.4, 0.5) is 13.2 Å². The number of alkyl halides is 3. The highest BCUT2D eigenvalue weighted by molar-refractivity contribution is 7.91. The molecule has 0 atom stereocenters. The highest BCUT2D eigenvalue weighted by atomic mass is 32.2. The Hall–Kier alpha value is -2.39. The summed E-state index contributed by atoms with van der Waals surface area (Å²) in [5.41, 5.74) is -1.06. The molecule has 0 aliphatic heterocycles. The summed E-state index contributed by atoms with van der Waals surface area (Å²) in [5, 5.41) is 8.88. The van der Waals surface area contributed by atoms with E-state index in [9.17, 15) is 26.4 Å². The van der Waals surface area contributed by atoms with Crippen LogP contribution in [0.2, 0.25) is 0 Å². The number of pyridine rings is 1. The first-order valence-corrected chi connectivity index (χ1v) is 11.7. The number of allylic oxidation sites excluding steroid dienone is 1. The Morgan fingerprint density at radius 1 is 1.10 bits per heavy atom. The van der Waals surface area contributed by atoms with Crippen molar-refractivity contribution in [3.63, 3.8) is 0 Å². The zero-order chi connectivity index (χ0) is 22.6. The Morgan fingerprint density at radius 3 is 2.29 bits per heavy atom. The molecular weight excluding hydrogens is 431 g/mol. The third kappa shape index (κ3) is 5.65. The lowest BCUT2D eigenvalue weighted by molar-refractivity contribution is -0.138. The number of aliphatic hydroxyl groups is 1. The van der Waals surface area contributed by atoms with Crippen LogP contribution >= 0.6 is 0 Å². The first kappa shape index (κ1) is 23.3. The lowest BCUT2D eigenvalue weighted by Crippen LogP contribution is -2.22. The molecule has 0 saturated heterocycles. The van der Waals surface area contributed by atoms with Crippen LogP contribution in [0.3, 0.4) is 0 Å². The summed E-state index contributed by atoms with van der Waals surface area (Å²) in [4.78, 5) is 14.5. The van der Waals surface area contributed by atoms with Crippen LogP contribution < -0.4 is 5.56 Å². The van der Waals surface area contributed by atoms with E-state index in [1.54, 1.807) is 12.1 Å². The van der Waals surface area contributed by atoms with Gasteiger partial charge in [-0.1, -0.05) is 31.1 Å². The number of hydrogen-bond acceptors (Lipinski definition) is 4. The molecule has 0 spiro atoms. The van der Waals surface area contributed by atoms with E-state index in [2.05, 4.69) is 4.98 Å². The number of nitrogens with one attached hydrogen (secondary N) is 1. The molecule has 1 fully saturated rings. The molecule has 1 heterocycles. The molecule has 2 aromatic rings. The van der Waals surface area contributed by atoms with Crippen molar-refractivity contribution in [1.29, 1.82) is 0 Å². The van der Waals surface area contributed by atoms with Gasteiger partial charge in [0.2, 0.25) is 0 Å². The smallest absolute Gasteiger partial charge is 0.396 e. The van der Waals surface area contributed by atoms with E-state index in [0.29, 0.717) is 11.1 Å². The van der Waals surface area contributed by atoms with E-state index in [0.717, 1.165) is 31.7 Å². The molecule has 1 aliphatic rings. The number of aromatic nitrogens is 1. The number of halogens is 3. The SMILES string of the molecule is O=c1[nH]c(/C(=C\C2CCCC2)c2ccc(S(=O)(=O)CCCO)cc2)ccc1C(F)(F)F. The van der Waals surface area contributed by atoms with Crippen LogP contribution in [0.25, 0.3) is 5.57 Å². The normalized spacial score (nSPS) is 16.1. The first-order chi connectivity index (χ1) is 14.6. The Balaban J connectivity index is 2.01. The lowest BCUT2D eigenvalue weighted by atomic mass is 9.96. The molecule has 1 aromatic heterocycles. The van der Waals surface area contributed by atoms with Crippen molar-refractivity contribution in [3.8, 4) is 0 Å². The van der Waals surface area contributed by atoms with Crippen molar-refractivity contribution in [2.24, 2.45) is 5.92 Å². The molecule has 3 rings (SSSR count). The van der Waals surface area contributed by atoms with Gasteiger partial charge in [0.05, 0.1) is 10.6 Å². The molecule has 0 amide bonds. The van der Waals surface area contributed by atoms with Gasteiger partial charge in [-0.3, -0.25) is 4.79 Å². The second-order valence-electron chi connectivity index (χ2n) is 7.66. The highest BCUT2D eigenvalue weighted by Gasteiger charge is 2.34. The minimum Gasteiger partial charge on any atom is -0.396 e. The predicted molar refractivity (Wildman–Crippen MR) is 111 cm³/mol. The van der Waals surface area contributed by atoms with E-state index in [-0.39, 0.29) is 35.3 Å². The fourth-order valence-electron chi connectivity index (χ4n) is 3.77. The summed E-state index contributed by atoms with van der Waals surface area (Å²) in [6.45, 7) is -0.229. The summed E-state index contributed by atoms with van der Waals surface area (Å²) in [7, 11) is -3.54. The fourth-order valence-corrected chi connectivity index (χ4v) is 5.07. The average molecular weight is 455 g/mol. The molecule has 168 valence electrons. The minimum atomic E-state index is -4.74. The van der Waals surface area contributed by atoms with Gasteiger partial charge >= 0.3 is 6.18 Å². The molecule has 1 aromatic carbocycles. The van der Waals surface area contributed by atoms with Crippen molar-refractivity contribution in [2.75, 3.05) is 12.4 Å². The monoisotopic (exact) mass is 455 g/mol. The Labute approximate surface area is 178 Å². The van der Waals surface area contributed by atoms with Gasteiger partial charge in [0.25, 0.3) is 5.56 Å². The van der Waals surface area contributed by atoms with E-state index >= 15 is 0 Å². The largest absolute Gasteiger partial charge is 0.421 e. The van der Waals surface area contributed by atoms with Crippen molar-refractivity contribution < 1.29 is 26.7 Å². The van der Waals surface area contributed by atoms with Gasteiger partial charge in [-0.05, 0) is 55.0 Å². The molecule has 0 radical (unpaired) electrons. The molecule has 1 aliphatic carbocycles. The van der Waals surface area contributed by atoms with Crippen LogP contribution in [0.5, 0.6) is 0 Å². The van der Waals surface area contributed by atoms with Crippen molar-refractivity contribution in [2.45, 2.75) is 43.2 Å². The molecule has 2 N–H and O–H groups in total. The second-order valence-corrected chi connectivity index (χ2v) is 9.77. The summed E-state index contributed by atoms with van der Waals surface area (Å²) in [5.74, 6) is 0.0496. The van der Waals surface area contributed by atoms with E-state index in [4.69, 9.17) is 5.11 Å². The minimum absolute atomic E-state index is 0.103. The Bertz CT molecular complexity index is 1100. The third-order valence-corrected chi connectivity index (χ3v) is 7.22. The molecule has 31 heavy (non-hydrogen) atoms. The predicted octanol–water partition coefficient (Wildman–Crippen LogP) is 4.17. The van der Waals surface area contributed by atoms with Crippen LogP contribution in [0, 0.1) is 5.92 Å². The quantitative estimate of drug-likeness (QED) is 0.656. The number of rotatable bonds is 7. The van der Waals surface area contributed by atoms with Crippen molar-refractivity contribution >= 4 is 15.4 Å². The first-order valence-electron chi connectivity index (χ1n) is 10.1. The maximum Gasteiger partial charge on any atom is 0.421 e. The standard InChI is InChI=1S/C22H24F3NO4S/c23-22(24,25)19-10-11-20(26-21(19)28)18(14-15-4-1-2-5-15)16-6-8-17(9-7-16)31(29,30)13-3-12-27/h6-11,14-15,27H,1-5,12-13H2,(H,26,28)/b18-14-. The van der Waals surface area contributed by atoms with Gasteiger partial charge in [-0.2, -0.15) is 13.2 Å². The van der Waals surface area contributed by atoms with E-state index < -0.39 is 27.1 Å². The summed E-state index contributed by atoms with van der Waals surface area (Å²) in [6.07, 6.45) is 1.33. The molecule has 5 nitrogen and oxygen atoms in total. The van der Waals surface area contributed by atoms with Gasteiger partial charge < -0.3 is 10.1 Å². The molecule has 9 heteroatoms. The second kappa shape index (κ2) is 9.40. The van der Waals surface area contributed by atoms with Crippen LogP contribution in [-0.4, -0.2) is 30.9 Å². The molecule has 0 unspecified atom stereocenters. The van der Waals surface area contributed by atoms with Gasteiger partial charge in [-0.25, -0.2) is 8.42 Å². The summed E-state index contributed by atoms with van der Waals surface area (Å²) >= 11 is 0. The van der Waals surface area contributed by atoms with Gasteiger partial charge in [0.1, 0.15) is 5.56 Å². The third-order valence-electron chi connectivity index (χ3n) is 5.40. The van der Waals surface area contributed by atoms with Crippen LogP contribution in [0.15, 0.2) is 52.2 Å². The number of sulfone groups is 1. The molecule has 1 saturated carbocycles. The Kier molecular flexibility index (Phi) is 7.06. The molecular formula is C22H24F3NO4S. The zero-order valence-electron chi connectivity index (χ0n) is 16.8. The number of H-pyrrole nitrogens is 1. The van der Waals surface area contributed by atoms with Crippen LogP contribution in [0.1, 0.15) is 48.9 Å². The van der Waals surface area contributed by atoms with Crippen molar-refractivity contribution in [1.82, 2.24) is 4.98 Å². The van der Waals surface area contributed by atoms with Crippen molar-refractivity contribution in [3.05, 3.63) is 69.6 Å². The van der Waals surface area contributed by atoms with E-state index in [1.165, 1.54) is 18.2 Å². The fraction of sp³-hybridized carbons (Fsp3) is 0.409. The van der Waals surface area contributed by atoms with E-state index in [1.807, 2.05) is 6.08 Å². The number of hydrogen-bond donors (Lipinski definition) is 2. The maximum absolute atomic E-state index is 13.0. The van der Waals surface area contributed by atoms with Gasteiger partial charge in [0.15, 0.2) is 9.84 Å². The maximum atomic E-state index is 13.0. The topological polar surface area (TPSA) is 87.2 Å². The molecule has 0 bridgehead atoms. The number of benzene rings is 1.